The second kappa shape index (κ2) is 6.35. The van der Waals surface area contributed by atoms with E-state index in [-0.39, 0.29) is 22.3 Å². The van der Waals surface area contributed by atoms with Gasteiger partial charge >= 0.3 is 0 Å². The highest BCUT2D eigenvalue weighted by molar-refractivity contribution is 7.89. The number of benzene rings is 1. The predicted molar refractivity (Wildman–Crippen MR) is 109 cm³/mol. The van der Waals surface area contributed by atoms with E-state index in [0.717, 1.165) is 17.0 Å². The number of hydrogen-bond acceptors (Lipinski definition) is 6. The average molecular weight is 421 g/mol. The van der Waals surface area contributed by atoms with Gasteiger partial charge in [0.05, 0.1) is 28.2 Å². The molecule has 0 aliphatic heterocycles. The summed E-state index contributed by atoms with van der Waals surface area (Å²) in [6.45, 7) is 4.06. The van der Waals surface area contributed by atoms with Gasteiger partial charge in [-0.05, 0) is 42.2 Å². The third-order valence-electron chi connectivity index (χ3n) is 6.14. The van der Waals surface area contributed by atoms with Crippen LogP contribution in [0.3, 0.4) is 0 Å². The number of aromatic amines is 1. The number of nitriles is 1. The Labute approximate surface area is 172 Å². The van der Waals surface area contributed by atoms with E-state index in [2.05, 4.69) is 24.9 Å². The molecule has 4 aromatic rings. The van der Waals surface area contributed by atoms with Crippen LogP contribution in [-0.2, 0) is 10.0 Å². The van der Waals surface area contributed by atoms with Gasteiger partial charge in [-0.1, -0.05) is 13.8 Å². The van der Waals surface area contributed by atoms with E-state index < -0.39 is 10.0 Å². The normalized spacial score (nSPS) is 20.8. The summed E-state index contributed by atoms with van der Waals surface area (Å²) in [5, 5.41) is 17.6. The Hall–Kier alpha value is -3.29. The lowest BCUT2D eigenvalue weighted by atomic mass is 9.58. The smallest absolute Gasteiger partial charge is 0.240 e. The van der Waals surface area contributed by atoms with E-state index in [1.807, 2.05) is 36.6 Å². The highest BCUT2D eigenvalue weighted by Gasteiger charge is 2.52. The number of fused-ring (bicyclic) bond motifs is 3. The van der Waals surface area contributed by atoms with Gasteiger partial charge in [0.15, 0.2) is 11.3 Å². The molecule has 9 nitrogen and oxygen atoms in total. The van der Waals surface area contributed by atoms with Crippen molar-refractivity contribution in [1.29, 1.82) is 5.26 Å². The molecule has 1 aliphatic rings. The van der Waals surface area contributed by atoms with Crippen molar-refractivity contribution in [2.45, 2.75) is 37.1 Å². The van der Waals surface area contributed by atoms with Crippen molar-refractivity contribution in [3.8, 4) is 6.07 Å². The van der Waals surface area contributed by atoms with E-state index >= 15 is 0 Å². The predicted octanol–water partition coefficient (Wildman–Crippen LogP) is 2.34. The van der Waals surface area contributed by atoms with Gasteiger partial charge in [0.1, 0.15) is 5.82 Å². The fourth-order valence-electron chi connectivity index (χ4n) is 4.15. The Bertz CT molecular complexity index is 1410. The van der Waals surface area contributed by atoms with Gasteiger partial charge in [0.2, 0.25) is 10.0 Å². The minimum absolute atomic E-state index is 0.0293. The first-order valence-electron chi connectivity index (χ1n) is 9.51. The molecular formula is C20H19N7O2S. The van der Waals surface area contributed by atoms with E-state index in [4.69, 9.17) is 5.26 Å². The fraction of sp³-hybridized carbons (Fsp3) is 0.300. The molecule has 10 heteroatoms. The third-order valence-corrected chi connectivity index (χ3v) is 7.63. The molecule has 0 amide bonds. The van der Waals surface area contributed by atoms with Crippen LogP contribution < -0.4 is 4.72 Å². The number of hydrogen-bond donors (Lipinski definition) is 2. The Morgan fingerprint density at radius 1 is 1.23 bits per heavy atom. The number of H-pyrrole nitrogens is 1. The summed E-state index contributed by atoms with van der Waals surface area (Å²) in [6.07, 6.45) is 4.10. The monoisotopic (exact) mass is 421 g/mol. The molecule has 2 atom stereocenters. The highest BCUT2D eigenvalue weighted by Crippen LogP contribution is 2.52. The minimum atomic E-state index is -3.69. The largest absolute Gasteiger partial charge is 0.345 e. The van der Waals surface area contributed by atoms with Crippen molar-refractivity contribution < 1.29 is 8.42 Å². The van der Waals surface area contributed by atoms with Crippen molar-refractivity contribution in [1.82, 2.24) is 29.3 Å². The zero-order chi connectivity index (χ0) is 21.1. The Morgan fingerprint density at radius 2 is 2.00 bits per heavy atom. The summed E-state index contributed by atoms with van der Waals surface area (Å²) < 4.78 is 30.5. The maximum absolute atomic E-state index is 12.8. The van der Waals surface area contributed by atoms with Crippen LogP contribution in [0, 0.1) is 16.7 Å². The average Bonchev–Trinajstić information content (AvgIpc) is 3.37. The molecule has 0 spiro atoms. The lowest BCUT2D eigenvalue weighted by Crippen LogP contribution is -2.57. The van der Waals surface area contributed by atoms with Gasteiger partial charge < -0.3 is 4.98 Å². The molecule has 152 valence electrons. The first kappa shape index (κ1) is 18.7. The first-order chi connectivity index (χ1) is 14.3. The minimum Gasteiger partial charge on any atom is -0.345 e. The number of nitrogens with one attached hydrogen (secondary N) is 2. The molecule has 1 fully saturated rings. The maximum atomic E-state index is 12.8. The van der Waals surface area contributed by atoms with E-state index in [1.54, 1.807) is 6.20 Å². The van der Waals surface area contributed by atoms with Crippen LogP contribution in [-0.4, -0.2) is 39.0 Å². The molecule has 3 heterocycles. The van der Waals surface area contributed by atoms with Crippen molar-refractivity contribution in [3.05, 3.63) is 54.1 Å². The lowest BCUT2D eigenvalue weighted by Gasteiger charge is -2.51. The van der Waals surface area contributed by atoms with Crippen LogP contribution in [0.2, 0.25) is 0 Å². The molecule has 30 heavy (non-hydrogen) atoms. The maximum Gasteiger partial charge on any atom is 0.240 e. The summed E-state index contributed by atoms with van der Waals surface area (Å²) in [6, 6.07) is 9.57. The van der Waals surface area contributed by atoms with Crippen LogP contribution >= 0.6 is 0 Å². The Balaban J connectivity index is 1.43. The molecule has 1 aromatic carbocycles. The zero-order valence-corrected chi connectivity index (χ0v) is 17.2. The summed E-state index contributed by atoms with van der Waals surface area (Å²) in [7, 11) is -3.69. The van der Waals surface area contributed by atoms with Crippen LogP contribution in [0.4, 0.5) is 0 Å². The molecule has 1 saturated carbocycles. The molecule has 3 aromatic heterocycles. The molecule has 0 saturated heterocycles. The summed E-state index contributed by atoms with van der Waals surface area (Å²) >= 11 is 0. The molecule has 0 radical (unpaired) electrons. The van der Waals surface area contributed by atoms with Crippen LogP contribution in [0.5, 0.6) is 0 Å². The van der Waals surface area contributed by atoms with Gasteiger partial charge in [0, 0.05) is 18.2 Å². The van der Waals surface area contributed by atoms with Crippen molar-refractivity contribution in [2.24, 2.45) is 5.41 Å². The quantitative estimate of drug-likeness (QED) is 0.520. The first-order valence-corrected chi connectivity index (χ1v) is 11.0. The van der Waals surface area contributed by atoms with Crippen LogP contribution in [0.25, 0.3) is 16.8 Å². The molecular weight excluding hydrogens is 402 g/mol. The molecule has 1 aliphatic carbocycles. The second-order valence-corrected chi connectivity index (χ2v) is 9.86. The molecule has 0 bridgehead atoms. The van der Waals surface area contributed by atoms with Crippen molar-refractivity contribution >= 4 is 26.8 Å². The van der Waals surface area contributed by atoms with Crippen molar-refractivity contribution in [2.75, 3.05) is 0 Å². The number of aromatic nitrogens is 5. The highest BCUT2D eigenvalue weighted by atomic mass is 32.2. The van der Waals surface area contributed by atoms with Crippen molar-refractivity contribution in [3.63, 3.8) is 0 Å². The Kier molecular flexibility index (Phi) is 3.96. The summed E-state index contributed by atoms with van der Waals surface area (Å²) in [5.74, 6) is 0.831. The summed E-state index contributed by atoms with van der Waals surface area (Å²) in [5.41, 5.74) is 2.36. The molecule has 0 unspecified atom stereocenters. The second-order valence-electron chi connectivity index (χ2n) is 8.14. The fourth-order valence-corrected chi connectivity index (χ4v) is 5.56. The van der Waals surface area contributed by atoms with Crippen LogP contribution in [0.1, 0.15) is 37.6 Å². The molecule has 2 N–H and O–H groups in total. The van der Waals surface area contributed by atoms with E-state index in [0.29, 0.717) is 17.6 Å². The van der Waals surface area contributed by atoms with Gasteiger partial charge in [0.25, 0.3) is 0 Å². The lowest BCUT2D eigenvalue weighted by molar-refractivity contribution is 0.0796. The number of nitrogens with zero attached hydrogens (tertiary/aromatic N) is 5. The van der Waals surface area contributed by atoms with E-state index in [1.165, 1.54) is 24.3 Å². The third kappa shape index (κ3) is 2.70. The zero-order valence-electron chi connectivity index (χ0n) is 16.4. The SMILES string of the molecule is CC1(C)[C@@H](c2nnc3cnc4[nH]ccc4n23)C[C@H]1NS(=O)(=O)c1ccc(C#N)cc1. The number of rotatable bonds is 4. The van der Waals surface area contributed by atoms with E-state index in [9.17, 15) is 8.42 Å². The van der Waals surface area contributed by atoms with Gasteiger partial charge in [-0.15, -0.1) is 10.2 Å². The number of sulfonamides is 1. The van der Waals surface area contributed by atoms with Gasteiger partial charge in [-0.2, -0.15) is 5.26 Å². The summed E-state index contributed by atoms with van der Waals surface area (Å²) in [4.78, 5) is 7.58. The topological polar surface area (TPSA) is 129 Å². The standard InChI is InChI=1S/C20H19N7O2S/c1-20(2)14(19-25-24-17-11-23-18-15(27(17)19)7-8-22-18)9-16(20)26-30(28,29)13-5-3-12(10-21)4-6-13/h3-8,11,14,16,22,26H,9H2,1-2H3/t14-,16-/m1/s1. The van der Waals surface area contributed by atoms with Gasteiger partial charge in [-0.25, -0.2) is 18.1 Å². The Morgan fingerprint density at radius 3 is 2.70 bits per heavy atom. The molecule has 5 rings (SSSR count). The van der Waals surface area contributed by atoms with Crippen LogP contribution in [0.15, 0.2) is 47.6 Å². The van der Waals surface area contributed by atoms with Gasteiger partial charge in [-0.3, -0.25) is 4.40 Å².